The minimum absolute atomic E-state index is 0.0739. The summed E-state index contributed by atoms with van der Waals surface area (Å²) in [6.07, 6.45) is 5.24. The number of H-pyrrole nitrogens is 1. The predicted molar refractivity (Wildman–Crippen MR) is 78.7 cm³/mol. The lowest BCUT2D eigenvalue weighted by Gasteiger charge is -2.34. The van der Waals surface area contributed by atoms with E-state index in [4.69, 9.17) is 0 Å². The summed E-state index contributed by atoms with van der Waals surface area (Å²) in [7, 11) is 0. The van der Waals surface area contributed by atoms with Crippen LogP contribution in [0, 0.1) is 6.92 Å². The molecule has 1 fully saturated rings. The van der Waals surface area contributed by atoms with Crippen LogP contribution in [0.15, 0.2) is 30.7 Å². The summed E-state index contributed by atoms with van der Waals surface area (Å²) in [5, 5.41) is 6.74. The Hall–Kier alpha value is -2.21. The molecular weight excluding hydrogens is 266 g/mol. The molecule has 0 radical (unpaired) electrons. The highest BCUT2D eigenvalue weighted by Gasteiger charge is 2.23. The van der Waals surface area contributed by atoms with Crippen LogP contribution in [0.1, 0.15) is 21.6 Å². The monoisotopic (exact) mass is 285 g/mol. The number of hydrogen-bond acceptors (Lipinski definition) is 4. The summed E-state index contributed by atoms with van der Waals surface area (Å²) in [6, 6.07) is 4.07. The van der Waals surface area contributed by atoms with Gasteiger partial charge in [0.15, 0.2) is 0 Å². The molecule has 0 atom stereocenters. The zero-order chi connectivity index (χ0) is 14.7. The molecule has 0 spiro atoms. The summed E-state index contributed by atoms with van der Waals surface area (Å²) in [6.45, 7) is 6.09. The van der Waals surface area contributed by atoms with Crippen LogP contribution in [-0.2, 0) is 6.54 Å². The zero-order valence-electron chi connectivity index (χ0n) is 12.1. The number of aryl methyl sites for hydroxylation is 1. The summed E-state index contributed by atoms with van der Waals surface area (Å²) in [4.78, 5) is 20.7. The van der Waals surface area contributed by atoms with E-state index in [9.17, 15) is 4.79 Å². The number of amides is 1. The Balaban J connectivity index is 1.56. The number of carbonyl (C=O) groups is 1. The van der Waals surface area contributed by atoms with Crippen LogP contribution in [0.5, 0.6) is 0 Å². The van der Waals surface area contributed by atoms with Crippen molar-refractivity contribution in [2.75, 3.05) is 26.2 Å². The van der Waals surface area contributed by atoms with E-state index in [-0.39, 0.29) is 5.91 Å². The average molecular weight is 285 g/mol. The number of rotatable bonds is 3. The van der Waals surface area contributed by atoms with Crippen molar-refractivity contribution in [2.45, 2.75) is 13.5 Å². The minimum atomic E-state index is 0.0739. The predicted octanol–water partition coefficient (Wildman–Crippen LogP) is 1.07. The maximum absolute atomic E-state index is 12.4. The molecule has 0 unspecified atom stereocenters. The highest BCUT2D eigenvalue weighted by atomic mass is 16.2. The highest BCUT2D eigenvalue weighted by molar-refractivity contribution is 5.95. The lowest BCUT2D eigenvalue weighted by atomic mass is 10.2. The fraction of sp³-hybridized carbons (Fsp3) is 0.400. The third kappa shape index (κ3) is 3.11. The number of pyridine rings is 1. The van der Waals surface area contributed by atoms with Gasteiger partial charge in [-0.15, -0.1) is 0 Å². The van der Waals surface area contributed by atoms with Crippen LogP contribution in [0.3, 0.4) is 0 Å². The SMILES string of the molecule is Cc1[nH]ncc1C(=O)N1CCN(Cc2ccncc2)CC1. The molecule has 3 heterocycles. The first-order chi connectivity index (χ1) is 10.2. The minimum Gasteiger partial charge on any atom is -0.336 e. The van der Waals surface area contributed by atoms with E-state index in [0.29, 0.717) is 5.56 Å². The summed E-state index contributed by atoms with van der Waals surface area (Å²) in [5.74, 6) is 0.0739. The maximum Gasteiger partial charge on any atom is 0.257 e. The second-order valence-corrected chi connectivity index (χ2v) is 5.33. The Bertz CT molecular complexity index is 602. The molecular formula is C15H19N5O. The molecule has 0 aromatic carbocycles. The normalized spacial score (nSPS) is 16.1. The first kappa shape index (κ1) is 13.8. The molecule has 2 aromatic heterocycles. The van der Waals surface area contributed by atoms with Crippen molar-refractivity contribution in [3.63, 3.8) is 0 Å². The van der Waals surface area contributed by atoms with Gasteiger partial charge >= 0.3 is 0 Å². The van der Waals surface area contributed by atoms with Crippen LogP contribution in [-0.4, -0.2) is 57.1 Å². The van der Waals surface area contributed by atoms with Gasteiger partial charge < -0.3 is 4.90 Å². The van der Waals surface area contributed by atoms with Gasteiger partial charge in [0.25, 0.3) is 5.91 Å². The maximum atomic E-state index is 12.4. The third-order valence-electron chi connectivity index (χ3n) is 3.88. The number of nitrogens with one attached hydrogen (secondary N) is 1. The number of nitrogens with zero attached hydrogens (tertiary/aromatic N) is 4. The first-order valence-electron chi connectivity index (χ1n) is 7.14. The van der Waals surface area contributed by atoms with Crippen molar-refractivity contribution >= 4 is 5.91 Å². The molecule has 6 nitrogen and oxygen atoms in total. The molecule has 0 aliphatic carbocycles. The Labute approximate surface area is 123 Å². The van der Waals surface area contributed by atoms with Gasteiger partial charge in [-0.3, -0.25) is 19.8 Å². The van der Waals surface area contributed by atoms with Crippen molar-refractivity contribution in [1.29, 1.82) is 0 Å². The van der Waals surface area contributed by atoms with Crippen molar-refractivity contribution in [3.05, 3.63) is 47.5 Å². The number of hydrogen-bond donors (Lipinski definition) is 1. The van der Waals surface area contributed by atoms with Crippen molar-refractivity contribution in [1.82, 2.24) is 25.0 Å². The van der Waals surface area contributed by atoms with Gasteiger partial charge in [-0.2, -0.15) is 5.10 Å². The van der Waals surface area contributed by atoms with Crippen LogP contribution in [0.25, 0.3) is 0 Å². The smallest absolute Gasteiger partial charge is 0.257 e. The largest absolute Gasteiger partial charge is 0.336 e. The Morgan fingerprint density at radius 3 is 2.57 bits per heavy atom. The lowest BCUT2D eigenvalue weighted by molar-refractivity contribution is 0.0628. The number of piperazine rings is 1. The molecule has 0 bridgehead atoms. The molecule has 1 aliphatic heterocycles. The van der Waals surface area contributed by atoms with E-state index in [0.717, 1.165) is 38.4 Å². The van der Waals surface area contributed by atoms with E-state index in [1.807, 2.05) is 36.4 Å². The van der Waals surface area contributed by atoms with Gasteiger partial charge in [-0.1, -0.05) is 0 Å². The molecule has 3 rings (SSSR count). The highest BCUT2D eigenvalue weighted by Crippen LogP contribution is 2.12. The van der Waals surface area contributed by atoms with Crippen molar-refractivity contribution in [3.8, 4) is 0 Å². The van der Waals surface area contributed by atoms with E-state index in [2.05, 4.69) is 20.1 Å². The van der Waals surface area contributed by atoms with Crippen LogP contribution < -0.4 is 0 Å². The number of carbonyl (C=O) groups excluding carboxylic acids is 1. The van der Waals surface area contributed by atoms with Crippen molar-refractivity contribution < 1.29 is 4.79 Å². The fourth-order valence-corrected chi connectivity index (χ4v) is 2.59. The van der Waals surface area contributed by atoms with Crippen LogP contribution >= 0.6 is 0 Å². The molecule has 1 aliphatic rings. The van der Waals surface area contributed by atoms with E-state index >= 15 is 0 Å². The molecule has 1 saturated heterocycles. The molecule has 0 saturated carbocycles. The van der Waals surface area contributed by atoms with Gasteiger partial charge in [0.2, 0.25) is 0 Å². The Morgan fingerprint density at radius 1 is 1.24 bits per heavy atom. The molecule has 21 heavy (non-hydrogen) atoms. The summed E-state index contributed by atoms with van der Waals surface area (Å²) >= 11 is 0. The molecule has 2 aromatic rings. The van der Waals surface area contributed by atoms with Crippen LogP contribution in [0.4, 0.5) is 0 Å². The molecule has 6 heteroatoms. The van der Waals surface area contributed by atoms with Gasteiger partial charge in [0.1, 0.15) is 0 Å². The van der Waals surface area contributed by atoms with Gasteiger partial charge in [0.05, 0.1) is 11.8 Å². The molecule has 1 N–H and O–H groups in total. The molecule has 1 amide bonds. The quantitative estimate of drug-likeness (QED) is 0.916. The zero-order valence-corrected chi connectivity index (χ0v) is 12.1. The van der Waals surface area contributed by atoms with Crippen LogP contribution in [0.2, 0.25) is 0 Å². The van der Waals surface area contributed by atoms with E-state index in [1.54, 1.807) is 6.20 Å². The Kier molecular flexibility index (Phi) is 3.96. The lowest BCUT2D eigenvalue weighted by Crippen LogP contribution is -2.48. The second-order valence-electron chi connectivity index (χ2n) is 5.33. The summed E-state index contributed by atoms with van der Waals surface area (Å²) < 4.78 is 0. The summed E-state index contributed by atoms with van der Waals surface area (Å²) in [5.41, 5.74) is 2.77. The van der Waals surface area contributed by atoms with Gasteiger partial charge in [-0.05, 0) is 24.6 Å². The number of aromatic nitrogens is 3. The first-order valence-corrected chi connectivity index (χ1v) is 7.14. The molecule has 110 valence electrons. The standard InChI is InChI=1S/C15H19N5O/c1-12-14(10-17-18-12)15(21)20-8-6-19(7-9-20)11-13-2-4-16-5-3-13/h2-5,10H,6-9,11H2,1H3,(H,17,18). The van der Waals surface area contributed by atoms with Gasteiger partial charge in [-0.25, -0.2) is 0 Å². The topological polar surface area (TPSA) is 65.1 Å². The van der Waals surface area contributed by atoms with E-state index in [1.165, 1.54) is 5.56 Å². The third-order valence-corrected chi connectivity index (χ3v) is 3.88. The van der Waals surface area contributed by atoms with E-state index < -0.39 is 0 Å². The Morgan fingerprint density at radius 2 is 1.95 bits per heavy atom. The second kappa shape index (κ2) is 6.05. The number of aromatic amines is 1. The van der Waals surface area contributed by atoms with Gasteiger partial charge in [0, 0.05) is 50.8 Å². The fourth-order valence-electron chi connectivity index (χ4n) is 2.59. The van der Waals surface area contributed by atoms with Crippen molar-refractivity contribution in [2.24, 2.45) is 0 Å². The average Bonchev–Trinajstić information content (AvgIpc) is 2.94.